The van der Waals surface area contributed by atoms with Crippen LogP contribution in [0.1, 0.15) is 57.8 Å². The van der Waals surface area contributed by atoms with Crippen LogP contribution in [-0.2, 0) is 9.53 Å². The van der Waals surface area contributed by atoms with Gasteiger partial charge in [0.1, 0.15) is 6.61 Å². The topological polar surface area (TPSA) is 55.6 Å². The van der Waals surface area contributed by atoms with Crippen molar-refractivity contribution in [3.05, 3.63) is 0 Å². The fraction of sp³-hybridized carbons (Fsp3) is 0.933. The Balaban J connectivity index is 1.80. The summed E-state index contributed by atoms with van der Waals surface area (Å²) in [5.41, 5.74) is 5.66. The predicted molar refractivity (Wildman–Crippen MR) is 75.9 cm³/mol. The summed E-state index contributed by atoms with van der Waals surface area (Å²) in [7, 11) is 0. The van der Waals surface area contributed by atoms with Gasteiger partial charge in [-0.25, -0.2) is 0 Å². The number of nitrogens with zero attached hydrogens (tertiary/aromatic N) is 1. The molecule has 1 amide bonds. The lowest BCUT2D eigenvalue weighted by Crippen LogP contribution is -2.45. The molecule has 2 fully saturated rings. The van der Waals surface area contributed by atoms with E-state index in [0.29, 0.717) is 6.54 Å². The highest BCUT2D eigenvalue weighted by Crippen LogP contribution is 2.30. The van der Waals surface area contributed by atoms with E-state index < -0.39 is 0 Å². The molecular formula is C15H28N2O2. The lowest BCUT2D eigenvalue weighted by molar-refractivity contribution is -0.145. The number of amides is 1. The maximum absolute atomic E-state index is 12.2. The van der Waals surface area contributed by atoms with Gasteiger partial charge in [-0.1, -0.05) is 32.1 Å². The molecule has 2 N–H and O–H groups in total. The number of hydrogen-bond donors (Lipinski definition) is 1. The number of ether oxygens (including phenoxy) is 1. The number of rotatable bonds is 4. The smallest absolute Gasteiger partial charge is 0.248 e. The number of likely N-dealkylation sites (tertiary alicyclic amines) is 1. The molecule has 1 aliphatic heterocycles. The van der Waals surface area contributed by atoms with E-state index in [9.17, 15) is 4.79 Å². The Morgan fingerprint density at radius 2 is 1.58 bits per heavy atom. The molecule has 0 spiro atoms. The van der Waals surface area contributed by atoms with Crippen molar-refractivity contribution in [3.63, 3.8) is 0 Å². The highest BCUT2D eigenvalue weighted by molar-refractivity contribution is 5.77. The van der Waals surface area contributed by atoms with Crippen LogP contribution in [0.3, 0.4) is 0 Å². The molecule has 1 saturated heterocycles. The minimum Gasteiger partial charge on any atom is -0.364 e. The highest BCUT2D eigenvalue weighted by Gasteiger charge is 2.32. The van der Waals surface area contributed by atoms with Gasteiger partial charge in [0.25, 0.3) is 0 Å². The maximum Gasteiger partial charge on any atom is 0.248 e. The monoisotopic (exact) mass is 268 g/mol. The van der Waals surface area contributed by atoms with Gasteiger partial charge in [0.15, 0.2) is 0 Å². The van der Waals surface area contributed by atoms with Crippen LogP contribution in [0.4, 0.5) is 0 Å². The van der Waals surface area contributed by atoms with E-state index in [4.69, 9.17) is 10.5 Å². The van der Waals surface area contributed by atoms with Gasteiger partial charge in [0, 0.05) is 19.6 Å². The molecule has 0 aromatic rings. The van der Waals surface area contributed by atoms with Crippen LogP contribution in [-0.4, -0.2) is 42.6 Å². The maximum atomic E-state index is 12.2. The predicted octanol–water partition coefficient (Wildman–Crippen LogP) is 2.07. The van der Waals surface area contributed by atoms with Crippen LogP contribution in [0.2, 0.25) is 0 Å². The van der Waals surface area contributed by atoms with Crippen LogP contribution in [0.25, 0.3) is 0 Å². The molecule has 4 nitrogen and oxygen atoms in total. The molecule has 1 aliphatic carbocycles. The van der Waals surface area contributed by atoms with Crippen molar-refractivity contribution in [1.82, 2.24) is 4.90 Å². The molecule has 0 unspecified atom stereocenters. The summed E-state index contributed by atoms with van der Waals surface area (Å²) >= 11 is 0. The second-order valence-electron chi connectivity index (χ2n) is 6.03. The lowest BCUT2D eigenvalue weighted by atomic mass is 9.85. The zero-order chi connectivity index (χ0) is 13.6. The van der Waals surface area contributed by atoms with Gasteiger partial charge in [-0.3, -0.25) is 4.79 Å². The summed E-state index contributed by atoms with van der Waals surface area (Å²) < 4.78 is 5.96. The zero-order valence-corrected chi connectivity index (χ0v) is 12.0. The van der Waals surface area contributed by atoms with E-state index in [1.165, 1.54) is 32.1 Å². The molecule has 19 heavy (non-hydrogen) atoms. The molecule has 2 rings (SSSR count). The molecule has 0 bridgehead atoms. The third-order valence-electron chi connectivity index (χ3n) is 4.60. The fourth-order valence-corrected chi connectivity index (χ4v) is 3.23. The number of nitrogens with two attached hydrogens (primary N) is 1. The van der Waals surface area contributed by atoms with E-state index >= 15 is 0 Å². The SMILES string of the molecule is NCC1(OCC(=O)N2CCCCCC2)CCCCC1. The van der Waals surface area contributed by atoms with E-state index in [1.54, 1.807) is 0 Å². The van der Waals surface area contributed by atoms with Crippen LogP contribution >= 0.6 is 0 Å². The quantitative estimate of drug-likeness (QED) is 0.849. The first-order valence-electron chi connectivity index (χ1n) is 7.88. The lowest BCUT2D eigenvalue weighted by Gasteiger charge is -2.36. The summed E-state index contributed by atoms with van der Waals surface area (Å²) in [6, 6.07) is 0. The van der Waals surface area contributed by atoms with E-state index in [0.717, 1.165) is 38.8 Å². The Kier molecular flexibility index (Phi) is 5.64. The third kappa shape index (κ3) is 4.18. The van der Waals surface area contributed by atoms with Gasteiger partial charge in [-0.05, 0) is 25.7 Å². The first-order chi connectivity index (χ1) is 9.26. The minimum absolute atomic E-state index is 0.153. The van der Waals surface area contributed by atoms with Crippen LogP contribution in [0, 0.1) is 0 Å². The second-order valence-corrected chi connectivity index (χ2v) is 6.03. The Bertz CT molecular complexity index is 280. The van der Waals surface area contributed by atoms with Crippen molar-refractivity contribution in [3.8, 4) is 0 Å². The average molecular weight is 268 g/mol. The van der Waals surface area contributed by atoms with E-state index in [1.807, 2.05) is 4.90 Å². The number of carbonyl (C=O) groups is 1. The molecule has 0 atom stereocenters. The molecule has 0 aromatic heterocycles. The summed E-state index contributed by atoms with van der Waals surface area (Å²) in [6.45, 7) is 2.56. The van der Waals surface area contributed by atoms with Gasteiger partial charge >= 0.3 is 0 Å². The van der Waals surface area contributed by atoms with Gasteiger partial charge in [0.05, 0.1) is 5.60 Å². The largest absolute Gasteiger partial charge is 0.364 e. The second kappa shape index (κ2) is 7.25. The zero-order valence-electron chi connectivity index (χ0n) is 12.0. The Hall–Kier alpha value is -0.610. The van der Waals surface area contributed by atoms with Crippen molar-refractivity contribution in [2.24, 2.45) is 5.73 Å². The van der Waals surface area contributed by atoms with E-state index in [2.05, 4.69) is 0 Å². The highest BCUT2D eigenvalue weighted by atomic mass is 16.5. The standard InChI is InChI=1S/C15H28N2O2/c16-13-15(8-4-3-5-9-15)19-12-14(18)17-10-6-1-2-7-11-17/h1-13,16H2. The van der Waals surface area contributed by atoms with Gasteiger partial charge in [0.2, 0.25) is 5.91 Å². The fourth-order valence-electron chi connectivity index (χ4n) is 3.23. The van der Waals surface area contributed by atoms with Crippen molar-refractivity contribution >= 4 is 5.91 Å². The normalized spacial score (nSPS) is 23.9. The van der Waals surface area contributed by atoms with Crippen molar-refractivity contribution < 1.29 is 9.53 Å². The summed E-state index contributed by atoms with van der Waals surface area (Å²) in [4.78, 5) is 14.2. The molecule has 0 aromatic carbocycles. The number of hydrogen-bond acceptors (Lipinski definition) is 3. The summed E-state index contributed by atoms with van der Waals surface area (Å²) in [5, 5.41) is 0. The van der Waals surface area contributed by atoms with E-state index in [-0.39, 0.29) is 18.1 Å². The Morgan fingerprint density at radius 3 is 2.16 bits per heavy atom. The molecule has 110 valence electrons. The molecule has 1 saturated carbocycles. The molecule has 1 heterocycles. The summed E-state index contributed by atoms with van der Waals surface area (Å²) in [6.07, 6.45) is 10.4. The van der Waals surface area contributed by atoms with Gasteiger partial charge < -0.3 is 15.4 Å². The van der Waals surface area contributed by atoms with Crippen LogP contribution in [0.15, 0.2) is 0 Å². The molecule has 0 radical (unpaired) electrons. The average Bonchev–Trinajstić information content (AvgIpc) is 2.75. The van der Waals surface area contributed by atoms with Crippen molar-refractivity contribution in [1.29, 1.82) is 0 Å². The van der Waals surface area contributed by atoms with Crippen molar-refractivity contribution in [2.75, 3.05) is 26.2 Å². The Morgan fingerprint density at radius 1 is 1.00 bits per heavy atom. The summed E-state index contributed by atoms with van der Waals surface area (Å²) in [5.74, 6) is 0.153. The minimum atomic E-state index is -0.222. The van der Waals surface area contributed by atoms with Gasteiger partial charge in [-0.15, -0.1) is 0 Å². The van der Waals surface area contributed by atoms with Gasteiger partial charge in [-0.2, -0.15) is 0 Å². The molecule has 4 heteroatoms. The Labute approximate surface area is 116 Å². The third-order valence-corrected chi connectivity index (χ3v) is 4.60. The molecule has 2 aliphatic rings. The first kappa shape index (κ1) is 14.8. The molecular weight excluding hydrogens is 240 g/mol. The first-order valence-corrected chi connectivity index (χ1v) is 7.88. The van der Waals surface area contributed by atoms with Crippen molar-refractivity contribution in [2.45, 2.75) is 63.4 Å². The van der Waals surface area contributed by atoms with Crippen LogP contribution in [0.5, 0.6) is 0 Å². The number of carbonyl (C=O) groups excluding carboxylic acids is 1. The van der Waals surface area contributed by atoms with Crippen LogP contribution < -0.4 is 5.73 Å².